The Bertz CT molecular complexity index is 1310. The van der Waals surface area contributed by atoms with Crippen LogP contribution in [0, 0.1) is 11.7 Å². The summed E-state index contributed by atoms with van der Waals surface area (Å²) in [5, 5.41) is 21.4. The summed E-state index contributed by atoms with van der Waals surface area (Å²) < 4.78 is 120. The molecule has 23 heteroatoms. The molecule has 3 N–H and O–H groups in total. The Morgan fingerprint density at radius 3 is 1.85 bits per heavy atom. The lowest BCUT2D eigenvalue weighted by Crippen LogP contribution is -2.72. The highest BCUT2D eigenvalue weighted by molar-refractivity contribution is 5.73. The molecule has 2 aliphatic rings. The molecule has 2 saturated heterocycles. The molecule has 13 nitrogen and oxygen atoms in total. The zero-order valence-electron chi connectivity index (χ0n) is 24.6. The zero-order valence-corrected chi connectivity index (χ0v) is 24.6. The van der Waals surface area contributed by atoms with E-state index in [0.717, 1.165) is 38.3 Å². The van der Waals surface area contributed by atoms with Crippen LogP contribution in [0.5, 0.6) is 11.8 Å². The van der Waals surface area contributed by atoms with Gasteiger partial charge in [0.05, 0.1) is 19.3 Å². The third-order valence-corrected chi connectivity index (χ3v) is 6.39. The number of rotatable bonds is 5. The van der Waals surface area contributed by atoms with Crippen LogP contribution < -0.4 is 14.4 Å². The quantitative estimate of drug-likeness (QED) is 0.381. The minimum Gasteiger partial charge on any atom is -0.481 e. The Kier molecular flexibility index (Phi) is 14.6. The van der Waals surface area contributed by atoms with E-state index in [1.54, 1.807) is 19.4 Å². The molecule has 1 spiro atoms. The lowest BCUT2D eigenvalue weighted by molar-refractivity contribution is -0.193. The molecule has 2 fully saturated rings. The van der Waals surface area contributed by atoms with Gasteiger partial charge in [-0.2, -0.15) is 39.5 Å². The first-order chi connectivity index (χ1) is 21.9. The van der Waals surface area contributed by atoms with Crippen LogP contribution in [0.1, 0.15) is 12.8 Å². The summed E-state index contributed by atoms with van der Waals surface area (Å²) in [5.41, 5.74) is 0.104. The highest BCUT2D eigenvalue weighted by Gasteiger charge is 2.50. The Morgan fingerprint density at radius 2 is 1.42 bits per heavy atom. The molecule has 1 unspecified atom stereocenters. The average Bonchev–Trinajstić information content (AvgIpc) is 2.96. The summed E-state index contributed by atoms with van der Waals surface area (Å²) in [7, 11) is 3.78. The number of alkyl halides is 9. The highest BCUT2D eigenvalue weighted by Crippen LogP contribution is 2.40. The number of nitrogens with zero attached hydrogens (tertiary/aromatic N) is 5. The molecule has 2 aromatic heterocycles. The fraction of sp³-hybridized carbons (Fsp3) is 0.520. The van der Waals surface area contributed by atoms with Crippen molar-refractivity contribution in [2.24, 2.45) is 5.92 Å². The van der Waals surface area contributed by atoms with Crippen molar-refractivity contribution in [3.05, 3.63) is 36.5 Å². The number of halogens is 10. The van der Waals surface area contributed by atoms with E-state index in [9.17, 15) is 43.9 Å². The normalized spacial score (nSPS) is 17.2. The van der Waals surface area contributed by atoms with E-state index in [1.165, 1.54) is 12.4 Å². The van der Waals surface area contributed by atoms with Gasteiger partial charge in [0, 0.05) is 25.4 Å². The molecule has 0 aromatic carbocycles. The lowest BCUT2D eigenvalue weighted by Gasteiger charge is -2.58. The van der Waals surface area contributed by atoms with Gasteiger partial charge in [-0.1, -0.05) is 0 Å². The maximum Gasteiger partial charge on any atom is 0.490 e. The van der Waals surface area contributed by atoms with Crippen molar-refractivity contribution in [2.75, 3.05) is 45.3 Å². The van der Waals surface area contributed by atoms with Crippen LogP contribution >= 0.6 is 0 Å². The second-order valence-corrected chi connectivity index (χ2v) is 9.79. The van der Waals surface area contributed by atoms with Crippen LogP contribution in [-0.4, -0.2) is 118 Å². The number of carboxylic acids is 3. The Morgan fingerprint density at radius 1 is 0.917 bits per heavy atom. The van der Waals surface area contributed by atoms with Gasteiger partial charge < -0.3 is 29.7 Å². The SMILES string of the molecule is COc1cc(N2CC3(CC(COc4ncccc4F)CCN3C)C2)ncn1.O=C(O)C(F)(F)F.O=C(O)C(F)(F)F.O=C(O)C(F)(F)F. The molecule has 0 saturated carbocycles. The summed E-state index contributed by atoms with van der Waals surface area (Å²) in [4.78, 5) is 43.8. The average molecular weight is 715 g/mol. The van der Waals surface area contributed by atoms with Gasteiger partial charge in [-0.05, 0) is 44.5 Å². The number of hydrogen-bond donors (Lipinski definition) is 3. The molecule has 1 atom stereocenters. The monoisotopic (exact) mass is 715 g/mol. The van der Waals surface area contributed by atoms with Crippen LogP contribution in [0.15, 0.2) is 30.7 Å². The summed E-state index contributed by atoms with van der Waals surface area (Å²) in [6.45, 7) is 3.29. The van der Waals surface area contributed by atoms with Crippen molar-refractivity contribution in [1.29, 1.82) is 0 Å². The second kappa shape index (κ2) is 16.9. The molecular weight excluding hydrogens is 688 g/mol. The highest BCUT2D eigenvalue weighted by atomic mass is 19.4. The Hall–Kier alpha value is -4.70. The third kappa shape index (κ3) is 13.2. The van der Waals surface area contributed by atoms with Crippen molar-refractivity contribution >= 4 is 23.7 Å². The number of pyridine rings is 1. The fourth-order valence-electron chi connectivity index (χ4n) is 4.04. The van der Waals surface area contributed by atoms with Gasteiger partial charge in [-0.25, -0.2) is 33.7 Å². The Labute approximate surface area is 263 Å². The number of aromatic nitrogens is 3. The molecule has 0 aliphatic carbocycles. The maximum atomic E-state index is 13.7. The van der Waals surface area contributed by atoms with Crippen molar-refractivity contribution in [3.63, 3.8) is 0 Å². The van der Waals surface area contributed by atoms with Gasteiger partial charge in [0.15, 0.2) is 5.82 Å². The van der Waals surface area contributed by atoms with Crippen LogP contribution in [0.2, 0.25) is 0 Å². The minimum atomic E-state index is -5.08. The van der Waals surface area contributed by atoms with E-state index in [0.29, 0.717) is 18.4 Å². The molecule has 4 heterocycles. The van der Waals surface area contributed by atoms with Crippen molar-refractivity contribution in [3.8, 4) is 11.8 Å². The van der Waals surface area contributed by atoms with E-state index in [1.807, 2.05) is 6.07 Å². The molecule has 0 radical (unpaired) electrons. The van der Waals surface area contributed by atoms with Crippen LogP contribution in [0.4, 0.5) is 49.7 Å². The first kappa shape index (κ1) is 41.3. The first-order valence-corrected chi connectivity index (χ1v) is 12.9. The van der Waals surface area contributed by atoms with Crippen molar-refractivity contribution < 1.29 is 83.1 Å². The van der Waals surface area contributed by atoms with Crippen LogP contribution in [0.3, 0.4) is 0 Å². The number of piperidine rings is 1. The number of ether oxygens (including phenoxy) is 2. The first-order valence-electron chi connectivity index (χ1n) is 12.9. The van der Waals surface area contributed by atoms with Crippen LogP contribution in [0.25, 0.3) is 0 Å². The van der Waals surface area contributed by atoms with Gasteiger partial charge >= 0.3 is 36.4 Å². The summed E-state index contributed by atoms with van der Waals surface area (Å²) >= 11 is 0. The minimum absolute atomic E-state index is 0.0915. The zero-order chi connectivity index (χ0) is 37.1. The van der Waals surface area contributed by atoms with Crippen molar-refractivity contribution in [2.45, 2.75) is 36.9 Å². The molecular formula is C25H27F10N5O8. The number of anilines is 1. The van der Waals surface area contributed by atoms with Crippen LogP contribution in [-0.2, 0) is 14.4 Å². The van der Waals surface area contributed by atoms with E-state index in [4.69, 9.17) is 39.2 Å². The second-order valence-electron chi connectivity index (χ2n) is 9.79. The number of hydrogen-bond acceptors (Lipinski definition) is 10. The summed E-state index contributed by atoms with van der Waals surface area (Å²) in [6, 6.07) is 4.80. The number of carboxylic acid groups (broad SMARTS) is 3. The van der Waals surface area contributed by atoms with Gasteiger partial charge in [-0.3, -0.25) is 4.90 Å². The molecule has 2 aliphatic heterocycles. The molecule has 270 valence electrons. The smallest absolute Gasteiger partial charge is 0.481 e. The number of aliphatic carboxylic acids is 3. The van der Waals surface area contributed by atoms with Gasteiger partial charge in [-0.15, -0.1) is 0 Å². The Balaban J connectivity index is 0.000000448. The number of methoxy groups -OCH3 is 1. The van der Waals surface area contributed by atoms with Crippen molar-refractivity contribution in [1.82, 2.24) is 19.9 Å². The van der Waals surface area contributed by atoms with Gasteiger partial charge in [0.2, 0.25) is 11.8 Å². The molecule has 4 rings (SSSR count). The van der Waals surface area contributed by atoms with E-state index in [2.05, 4.69) is 31.8 Å². The maximum absolute atomic E-state index is 13.7. The number of likely N-dealkylation sites (tertiary alicyclic amines) is 1. The number of likely N-dealkylation sites (N-methyl/N-ethyl adjacent to an activating group) is 1. The topological polar surface area (TPSA) is 176 Å². The summed E-state index contributed by atoms with van der Waals surface area (Å²) in [6.07, 6.45) is -10.1. The third-order valence-electron chi connectivity index (χ3n) is 6.39. The van der Waals surface area contributed by atoms with Gasteiger partial charge in [0.25, 0.3) is 0 Å². The van der Waals surface area contributed by atoms with E-state index < -0.39 is 42.3 Å². The van der Waals surface area contributed by atoms with E-state index >= 15 is 0 Å². The largest absolute Gasteiger partial charge is 0.490 e. The lowest BCUT2D eigenvalue weighted by atomic mass is 9.75. The predicted octanol–water partition coefficient (Wildman–Crippen LogP) is 3.90. The molecule has 0 amide bonds. The number of carbonyl (C=O) groups is 3. The summed E-state index contributed by atoms with van der Waals surface area (Å²) in [5.74, 6) is -6.75. The standard InChI is InChI=1S/C19H24FN5O2.3C2HF3O2/c1-24-7-5-14(10-27-18-15(20)4-3-6-21-18)9-19(24)11-25(12-19)16-8-17(26-2)23-13-22-16;3*3-2(4,5)1(6)7/h3-4,6,8,13-14H,5,7,9-12H2,1-2H3;3*(H,6,7). The molecule has 2 aromatic rings. The fourth-order valence-corrected chi connectivity index (χ4v) is 4.04. The van der Waals surface area contributed by atoms with Gasteiger partial charge in [0.1, 0.15) is 12.1 Å². The predicted molar refractivity (Wildman–Crippen MR) is 140 cm³/mol. The molecule has 48 heavy (non-hydrogen) atoms. The molecule has 0 bridgehead atoms. The van der Waals surface area contributed by atoms with E-state index in [-0.39, 0.29) is 11.4 Å².